The van der Waals surface area contributed by atoms with Gasteiger partial charge < -0.3 is 9.42 Å². The lowest BCUT2D eigenvalue weighted by molar-refractivity contribution is -0.134. The smallest absolute Gasteiger partial charge is 0.236 e. The maximum atomic E-state index is 13.0. The minimum Gasteiger partial charge on any atom is -0.356 e. The molecule has 1 atom stereocenters. The number of rotatable bonds is 4. The third-order valence-electron chi connectivity index (χ3n) is 6.92. The number of piperidine rings is 2. The molecule has 1 amide bonds. The number of aromatic nitrogens is 4. The van der Waals surface area contributed by atoms with E-state index < -0.39 is 0 Å². The molecule has 170 valence electrons. The highest BCUT2D eigenvalue weighted by molar-refractivity contribution is 5.78. The Bertz CT molecular complexity index is 1110. The predicted molar refractivity (Wildman–Crippen MR) is 121 cm³/mol. The van der Waals surface area contributed by atoms with Crippen molar-refractivity contribution < 1.29 is 9.32 Å². The molecule has 2 fully saturated rings. The van der Waals surface area contributed by atoms with E-state index in [9.17, 15) is 4.79 Å². The van der Waals surface area contributed by atoms with E-state index in [1.807, 2.05) is 41.6 Å². The summed E-state index contributed by atoms with van der Waals surface area (Å²) in [5.41, 5.74) is 4.65. The SMILES string of the molecule is Cc1cc(-c2cnc3cc(C)nn3c2[C@@H]2CCCN(CC(=O)N3CCC(C)CC3)C2)on1. The summed E-state index contributed by atoms with van der Waals surface area (Å²) < 4.78 is 7.57. The molecule has 0 unspecified atom stereocenters. The first-order valence-corrected chi connectivity index (χ1v) is 11.8. The van der Waals surface area contributed by atoms with Crippen molar-refractivity contribution in [1.82, 2.24) is 29.6 Å². The average Bonchev–Trinajstić information content (AvgIpc) is 3.38. The van der Waals surface area contributed by atoms with Gasteiger partial charge in [-0.1, -0.05) is 12.1 Å². The first-order chi connectivity index (χ1) is 15.5. The van der Waals surface area contributed by atoms with Crippen molar-refractivity contribution in [2.75, 3.05) is 32.7 Å². The molecular formula is C24H32N6O2. The van der Waals surface area contributed by atoms with Crippen molar-refractivity contribution in [3.8, 4) is 11.3 Å². The highest BCUT2D eigenvalue weighted by Crippen LogP contribution is 2.35. The van der Waals surface area contributed by atoms with E-state index in [-0.39, 0.29) is 11.8 Å². The molecule has 3 aromatic rings. The Balaban J connectivity index is 1.41. The van der Waals surface area contributed by atoms with E-state index in [0.29, 0.717) is 6.54 Å². The lowest BCUT2D eigenvalue weighted by atomic mass is 9.91. The summed E-state index contributed by atoms with van der Waals surface area (Å²) in [4.78, 5) is 21.9. The number of fused-ring (bicyclic) bond motifs is 1. The van der Waals surface area contributed by atoms with Crippen molar-refractivity contribution in [2.24, 2.45) is 5.92 Å². The molecule has 0 aliphatic carbocycles. The minimum atomic E-state index is 0.239. The lowest BCUT2D eigenvalue weighted by Gasteiger charge is -2.36. The molecule has 2 aliphatic heterocycles. The van der Waals surface area contributed by atoms with E-state index >= 15 is 0 Å². The molecule has 8 nitrogen and oxygen atoms in total. The van der Waals surface area contributed by atoms with Crippen LogP contribution in [0.15, 0.2) is 22.9 Å². The summed E-state index contributed by atoms with van der Waals surface area (Å²) in [7, 11) is 0. The molecule has 0 N–H and O–H groups in total. The van der Waals surface area contributed by atoms with Gasteiger partial charge in [0.15, 0.2) is 11.4 Å². The van der Waals surface area contributed by atoms with Gasteiger partial charge in [0, 0.05) is 43.9 Å². The second-order valence-electron chi connectivity index (χ2n) is 9.58. The number of hydrogen-bond acceptors (Lipinski definition) is 6. The predicted octanol–water partition coefficient (Wildman–Crippen LogP) is 3.44. The van der Waals surface area contributed by atoms with Crippen LogP contribution in [0.1, 0.15) is 55.6 Å². The van der Waals surface area contributed by atoms with E-state index in [0.717, 1.165) is 91.8 Å². The van der Waals surface area contributed by atoms with Crippen LogP contribution in [0.25, 0.3) is 17.0 Å². The largest absolute Gasteiger partial charge is 0.356 e. The molecule has 0 radical (unpaired) electrons. The molecule has 5 heterocycles. The first kappa shape index (κ1) is 21.1. The Morgan fingerprint density at radius 3 is 2.69 bits per heavy atom. The summed E-state index contributed by atoms with van der Waals surface area (Å²) in [6.07, 6.45) is 6.20. The van der Waals surface area contributed by atoms with Crippen molar-refractivity contribution >= 4 is 11.6 Å². The maximum absolute atomic E-state index is 13.0. The van der Waals surface area contributed by atoms with Gasteiger partial charge in [0.2, 0.25) is 5.91 Å². The molecule has 32 heavy (non-hydrogen) atoms. The van der Waals surface area contributed by atoms with Crippen LogP contribution < -0.4 is 0 Å². The molecule has 0 spiro atoms. The van der Waals surface area contributed by atoms with Gasteiger partial charge in [-0.05, 0) is 52.0 Å². The summed E-state index contributed by atoms with van der Waals surface area (Å²) in [5.74, 6) is 1.94. The van der Waals surface area contributed by atoms with Gasteiger partial charge in [-0.2, -0.15) is 5.10 Å². The Hall–Kier alpha value is -2.74. The monoisotopic (exact) mass is 436 g/mol. The topological polar surface area (TPSA) is 79.8 Å². The molecule has 5 rings (SSSR count). The van der Waals surface area contributed by atoms with Crippen molar-refractivity contribution in [3.05, 3.63) is 35.4 Å². The average molecular weight is 437 g/mol. The number of amides is 1. The third-order valence-corrected chi connectivity index (χ3v) is 6.92. The van der Waals surface area contributed by atoms with Crippen molar-refractivity contribution in [2.45, 2.75) is 52.4 Å². The van der Waals surface area contributed by atoms with Gasteiger partial charge in [-0.25, -0.2) is 9.50 Å². The Kier molecular flexibility index (Phi) is 5.71. The van der Waals surface area contributed by atoms with Crippen LogP contribution >= 0.6 is 0 Å². The van der Waals surface area contributed by atoms with Crippen LogP contribution in [0.3, 0.4) is 0 Å². The fourth-order valence-electron chi connectivity index (χ4n) is 5.11. The Morgan fingerprint density at radius 2 is 1.94 bits per heavy atom. The second-order valence-corrected chi connectivity index (χ2v) is 9.58. The number of hydrogen-bond donors (Lipinski definition) is 0. The van der Waals surface area contributed by atoms with Crippen LogP contribution in [0.4, 0.5) is 0 Å². The van der Waals surface area contributed by atoms with E-state index in [1.54, 1.807) is 0 Å². The Morgan fingerprint density at radius 1 is 1.12 bits per heavy atom. The lowest BCUT2D eigenvalue weighted by Crippen LogP contribution is -2.46. The van der Waals surface area contributed by atoms with Crippen LogP contribution in [0.5, 0.6) is 0 Å². The summed E-state index contributed by atoms with van der Waals surface area (Å²) in [5, 5.41) is 8.83. The van der Waals surface area contributed by atoms with E-state index in [1.165, 1.54) is 0 Å². The zero-order chi connectivity index (χ0) is 22.2. The summed E-state index contributed by atoms with van der Waals surface area (Å²) in [6.45, 7) is 10.2. The van der Waals surface area contributed by atoms with Gasteiger partial charge >= 0.3 is 0 Å². The molecule has 8 heteroatoms. The molecule has 0 aromatic carbocycles. The number of aryl methyl sites for hydroxylation is 2. The van der Waals surface area contributed by atoms with Crippen LogP contribution in [0, 0.1) is 19.8 Å². The van der Waals surface area contributed by atoms with Crippen LogP contribution in [0.2, 0.25) is 0 Å². The van der Waals surface area contributed by atoms with Crippen molar-refractivity contribution in [1.29, 1.82) is 0 Å². The van der Waals surface area contributed by atoms with Gasteiger partial charge in [-0.15, -0.1) is 0 Å². The number of carbonyl (C=O) groups excluding carboxylic acids is 1. The molecule has 2 aliphatic rings. The maximum Gasteiger partial charge on any atom is 0.236 e. The quantitative estimate of drug-likeness (QED) is 0.623. The minimum absolute atomic E-state index is 0.239. The van der Waals surface area contributed by atoms with Gasteiger partial charge in [0.1, 0.15) is 0 Å². The van der Waals surface area contributed by atoms with Crippen molar-refractivity contribution in [3.63, 3.8) is 0 Å². The standard InChI is InChI=1S/C24H32N6O2/c1-16-6-9-29(10-7-16)23(31)15-28-8-4-5-19(14-28)24-20(21-11-18(3)27-32-21)13-25-22-12-17(2)26-30(22)24/h11-13,16,19H,4-10,14-15H2,1-3H3/t19-/m1/s1. The highest BCUT2D eigenvalue weighted by atomic mass is 16.5. The van der Waals surface area contributed by atoms with E-state index in [2.05, 4.69) is 22.0 Å². The molecule has 2 saturated heterocycles. The summed E-state index contributed by atoms with van der Waals surface area (Å²) >= 11 is 0. The number of likely N-dealkylation sites (tertiary alicyclic amines) is 2. The zero-order valence-corrected chi connectivity index (χ0v) is 19.3. The fourth-order valence-corrected chi connectivity index (χ4v) is 5.11. The third kappa shape index (κ3) is 4.16. The normalized spacial score (nSPS) is 20.8. The molecule has 3 aromatic heterocycles. The Labute approximate surface area is 188 Å². The summed E-state index contributed by atoms with van der Waals surface area (Å²) in [6, 6.07) is 3.95. The van der Waals surface area contributed by atoms with Gasteiger partial charge in [0.25, 0.3) is 0 Å². The molecule has 0 saturated carbocycles. The highest BCUT2D eigenvalue weighted by Gasteiger charge is 2.30. The van der Waals surface area contributed by atoms with Gasteiger partial charge in [0.05, 0.1) is 29.2 Å². The number of nitrogens with zero attached hydrogens (tertiary/aromatic N) is 6. The van der Waals surface area contributed by atoms with Crippen LogP contribution in [-0.2, 0) is 4.79 Å². The van der Waals surface area contributed by atoms with E-state index in [4.69, 9.17) is 9.62 Å². The van der Waals surface area contributed by atoms with Crippen LogP contribution in [-0.4, -0.2) is 68.2 Å². The van der Waals surface area contributed by atoms with Gasteiger partial charge in [-0.3, -0.25) is 9.69 Å². The fraction of sp³-hybridized carbons (Fsp3) is 0.583. The molecule has 0 bridgehead atoms. The number of carbonyl (C=O) groups is 1. The first-order valence-electron chi connectivity index (χ1n) is 11.8. The second kappa shape index (κ2) is 8.65. The molecular weight excluding hydrogens is 404 g/mol. The zero-order valence-electron chi connectivity index (χ0n) is 19.3.